The van der Waals surface area contributed by atoms with Crippen molar-refractivity contribution in [3.05, 3.63) is 11.6 Å². The van der Waals surface area contributed by atoms with Gasteiger partial charge >= 0.3 is 13.8 Å². The quantitative estimate of drug-likeness (QED) is 0.177. The maximum atomic E-state index is 13.6. The molecule has 0 spiro atoms. The Balaban J connectivity index is 1.69. The minimum atomic E-state index is -5.01. The zero-order valence-electron chi connectivity index (χ0n) is 24.9. The number of fused-ring (bicyclic) bond motifs is 5. The van der Waals surface area contributed by atoms with Crippen LogP contribution in [-0.2, 0) is 23.4 Å². The Labute approximate surface area is 241 Å². The number of allylic oxidation sites excluding steroid dienone is 1. The average Bonchev–Trinajstić information content (AvgIpc) is 3.08. The first-order chi connectivity index (χ1) is 18.5. The molecule has 41 heavy (non-hydrogen) atoms. The van der Waals surface area contributed by atoms with Gasteiger partial charge in [0.15, 0.2) is 5.78 Å². The summed E-state index contributed by atoms with van der Waals surface area (Å²) in [5.74, 6) is -2.07. The van der Waals surface area contributed by atoms with E-state index in [1.165, 1.54) is 19.9 Å². The van der Waals surface area contributed by atoms with Gasteiger partial charge in [0.2, 0.25) is 0 Å². The Hall–Kier alpha value is -1.17. The predicted octanol–water partition coefficient (Wildman–Crippen LogP) is 2.54. The highest BCUT2D eigenvalue weighted by atomic mass is 31.2. The summed E-state index contributed by atoms with van der Waals surface area (Å²) < 4.78 is 22.3. The minimum Gasteiger partial charge on any atom is -0.460 e. The Morgan fingerprint density at radius 2 is 1.78 bits per heavy atom. The molecule has 0 aromatic rings. The molecule has 10 unspecified atom stereocenters. The lowest BCUT2D eigenvalue weighted by atomic mass is 9.45. The van der Waals surface area contributed by atoms with Crippen LogP contribution < -0.4 is 0 Å². The van der Waals surface area contributed by atoms with Crippen molar-refractivity contribution in [1.82, 2.24) is 0 Å². The molecule has 11 nitrogen and oxygen atoms in total. The van der Waals surface area contributed by atoms with E-state index in [0.717, 1.165) is 0 Å². The van der Waals surface area contributed by atoms with E-state index in [4.69, 9.17) is 9.26 Å². The van der Waals surface area contributed by atoms with Gasteiger partial charge in [-0.1, -0.05) is 13.8 Å². The van der Waals surface area contributed by atoms with Crippen molar-refractivity contribution < 1.29 is 53.6 Å². The fourth-order valence-electron chi connectivity index (χ4n) is 8.96. The molecule has 6 N–H and O–H groups in total. The van der Waals surface area contributed by atoms with Crippen molar-refractivity contribution in [2.75, 3.05) is 0 Å². The Morgan fingerprint density at radius 1 is 1.15 bits per heavy atom. The summed E-state index contributed by atoms with van der Waals surface area (Å²) in [6.07, 6.45) is 0.549. The number of hydrogen-bond acceptors (Lipinski definition) is 9. The molecule has 4 rings (SSSR count). The average molecular weight is 603 g/mol. The number of phosphoric ester groups is 1. The summed E-state index contributed by atoms with van der Waals surface area (Å²) in [5.41, 5.74) is -5.48. The molecule has 3 saturated carbocycles. The van der Waals surface area contributed by atoms with Gasteiger partial charge in [-0.05, 0) is 101 Å². The number of aliphatic hydroxyl groups excluding tert-OH is 1. The second kappa shape index (κ2) is 10.5. The zero-order chi connectivity index (χ0) is 31.0. The van der Waals surface area contributed by atoms with Crippen molar-refractivity contribution in [2.45, 2.75) is 128 Å². The Bertz CT molecular complexity index is 1140. The highest BCUT2D eigenvalue weighted by Crippen LogP contribution is 2.69. The van der Waals surface area contributed by atoms with Crippen molar-refractivity contribution in [3.63, 3.8) is 0 Å². The monoisotopic (exact) mass is 602 g/mol. The van der Waals surface area contributed by atoms with Gasteiger partial charge in [0.05, 0.1) is 29.0 Å². The SMILES string of the molecule is CC(=O)OC1CC2C(=O)C=C3C(CCC4(C)C(C(C)(O)C(CCC(C)(C)O)OP(=O)(O)O)CCC34O)C2(C)CC1O. The molecular weight excluding hydrogens is 555 g/mol. The molecule has 0 aromatic heterocycles. The number of rotatable bonds is 8. The fourth-order valence-corrected chi connectivity index (χ4v) is 9.61. The highest BCUT2D eigenvalue weighted by Gasteiger charge is 2.69. The van der Waals surface area contributed by atoms with Crippen molar-refractivity contribution in [2.24, 2.45) is 28.6 Å². The van der Waals surface area contributed by atoms with Crippen LogP contribution in [-0.4, -0.2) is 77.1 Å². The van der Waals surface area contributed by atoms with Crippen LogP contribution in [0.1, 0.15) is 92.9 Å². The largest absolute Gasteiger partial charge is 0.469 e. The maximum absolute atomic E-state index is 13.6. The highest BCUT2D eigenvalue weighted by molar-refractivity contribution is 7.46. The van der Waals surface area contributed by atoms with E-state index < -0.39 is 71.6 Å². The van der Waals surface area contributed by atoms with E-state index >= 15 is 0 Å². The first kappa shape index (κ1) is 32.7. The number of hydrogen-bond donors (Lipinski definition) is 6. The normalized spacial score (nSPS) is 41.4. The number of aliphatic hydroxyl groups is 4. The van der Waals surface area contributed by atoms with Gasteiger partial charge in [0.25, 0.3) is 0 Å². The van der Waals surface area contributed by atoms with Gasteiger partial charge in [0, 0.05) is 18.3 Å². The molecule has 234 valence electrons. The molecule has 0 heterocycles. The summed E-state index contributed by atoms with van der Waals surface area (Å²) in [6.45, 7) is 9.66. The molecule has 4 aliphatic rings. The first-order valence-corrected chi connectivity index (χ1v) is 16.1. The van der Waals surface area contributed by atoms with Crippen molar-refractivity contribution in [1.29, 1.82) is 0 Å². The summed E-state index contributed by atoms with van der Waals surface area (Å²) in [4.78, 5) is 44.5. The van der Waals surface area contributed by atoms with E-state index in [-0.39, 0.29) is 43.8 Å². The predicted molar refractivity (Wildman–Crippen MR) is 147 cm³/mol. The summed E-state index contributed by atoms with van der Waals surface area (Å²) in [6, 6.07) is 0. The lowest BCUT2D eigenvalue weighted by Gasteiger charge is -2.61. The van der Waals surface area contributed by atoms with Gasteiger partial charge in [-0.2, -0.15) is 0 Å². The first-order valence-electron chi connectivity index (χ1n) is 14.6. The van der Waals surface area contributed by atoms with Crippen LogP contribution in [0.2, 0.25) is 0 Å². The van der Waals surface area contributed by atoms with E-state index in [1.54, 1.807) is 13.8 Å². The zero-order valence-corrected chi connectivity index (χ0v) is 25.8. The summed E-state index contributed by atoms with van der Waals surface area (Å²) in [5, 5.41) is 45.6. The molecule has 12 heteroatoms. The van der Waals surface area contributed by atoms with E-state index in [2.05, 4.69) is 0 Å². The molecule has 0 bridgehead atoms. The third-order valence-electron chi connectivity index (χ3n) is 11.1. The topological polar surface area (TPSA) is 191 Å². The Kier molecular flexibility index (Phi) is 8.37. The smallest absolute Gasteiger partial charge is 0.460 e. The number of ether oxygens (including phenoxy) is 1. The van der Waals surface area contributed by atoms with Gasteiger partial charge in [-0.15, -0.1) is 0 Å². The van der Waals surface area contributed by atoms with Gasteiger partial charge in [-0.25, -0.2) is 4.57 Å². The van der Waals surface area contributed by atoms with Crippen molar-refractivity contribution in [3.8, 4) is 0 Å². The van der Waals surface area contributed by atoms with E-state index in [1.807, 2.05) is 13.8 Å². The third-order valence-corrected chi connectivity index (χ3v) is 11.6. The molecule has 0 amide bonds. The number of ketones is 1. The van der Waals surface area contributed by atoms with Gasteiger partial charge in [-0.3, -0.25) is 14.1 Å². The van der Waals surface area contributed by atoms with E-state index in [9.17, 15) is 44.4 Å². The number of carbonyl (C=O) groups is 2. The van der Waals surface area contributed by atoms with Crippen LogP contribution in [0, 0.1) is 28.6 Å². The second-order valence-corrected chi connectivity index (χ2v) is 15.5. The van der Waals surface area contributed by atoms with Crippen LogP contribution in [0.5, 0.6) is 0 Å². The van der Waals surface area contributed by atoms with Crippen LogP contribution in [0.3, 0.4) is 0 Å². The fraction of sp³-hybridized carbons (Fsp3) is 0.862. The van der Waals surface area contributed by atoms with Crippen LogP contribution >= 0.6 is 7.82 Å². The van der Waals surface area contributed by atoms with Gasteiger partial charge in [0.1, 0.15) is 6.10 Å². The maximum Gasteiger partial charge on any atom is 0.469 e. The molecular formula is C29H47O11P. The standard InChI is InChI=1S/C29H47O11P/c1-16(30)39-22-14-19-20(31)13-18-17(26(19,4)15-21(22)32)7-11-27(5)23(8-12-29(18,27)35)28(6,34)24(40-41(36,37)38)9-10-25(2,3)33/h13,17,19,21-24,32-35H,7-12,14-15H2,1-6H3,(H2,36,37,38). The summed E-state index contributed by atoms with van der Waals surface area (Å²) in [7, 11) is -5.01. The Morgan fingerprint density at radius 3 is 2.34 bits per heavy atom. The molecule has 0 aliphatic heterocycles. The van der Waals surface area contributed by atoms with E-state index in [0.29, 0.717) is 24.8 Å². The molecule has 0 radical (unpaired) electrons. The van der Waals surface area contributed by atoms with Crippen molar-refractivity contribution >= 4 is 19.6 Å². The molecule has 0 saturated heterocycles. The molecule has 4 aliphatic carbocycles. The third kappa shape index (κ3) is 5.74. The van der Waals surface area contributed by atoms with Crippen LogP contribution in [0.4, 0.5) is 0 Å². The molecule has 0 aromatic carbocycles. The molecule has 3 fully saturated rings. The lowest BCUT2D eigenvalue weighted by molar-refractivity contribution is -0.181. The van der Waals surface area contributed by atoms with Crippen LogP contribution in [0.25, 0.3) is 0 Å². The van der Waals surface area contributed by atoms with Gasteiger partial charge < -0.3 is 34.9 Å². The van der Waals surface area contributed by atoms with Crippen LogP contribution in [0.15, 0.2) is 11.6 Å². The minimum absolute atomic E-state index is 0.0302. The number of esters is 1. The lowest BCUT2D eigenvalue weighted by Crippen LogP contribution is -2.63. The second-order valence-electron chi connectivity index (χ2n) is 14.3. The number of carbonyl (C=O) groups excluding carboxylic acids is 2. The summed E-state index contributed by atoms with van der Waals surface area (Å²) >= 11 is 0. The molecule has 10 atom stereocenters. The number of phosphoric acid groups is 1.